The minimum absolute atomic E-state index is 0.136. The molecule has 0 aromatic heterocycles. The van der Waals surface area contributed by atoms with Crippen molar-refractivity contribution in [3.63, 3.8) is 0 Å². The number of hydrogen-bond donors (Lipinski definition) is 0. The number of aryl methyl sites for hydroxylation is 1. The van der Waals surface area contributed by atoms with E-state index in [0.29, 0.717) is 12.3 Å². The molecule has 0 unspecified atom stereocenters. The van der Waals surface area contributed by atoms with Crippen molar-refractivity contribution in [3.8, 4) is 0 Å². The Morgan fingerprint density at radius 3 is 2.62 bits per heavy atom. The SMILES string of the molecule is CC(C)CC(F)=C=CCCc1ccccc1. The molecule has 86 valence electrons. The summed E-state index contributed by atoms with van der Waals surface area (Å²) < 4.78 is 13.2. The first-order valence-electron chi connectivity index (χ1n) is 5.82. The summed E-state index contributed by atoms with van der Waals surface area (Å²) in [6.07, 6.45) is 4.07. The van der Waals surface area contributed by atoms with Crippen molar-refractivity contribution in [2.45, 2.75) is 33.1 Å². The predicted octanol–water partition coefficient (Wildman–Crippen LogP) is 4.67. The van der Waals surface area contributed by atoms with Crippen LogP contribution in [0.5, 0.6) is 0 Å². The highest BCUT2D eigenvalue weighted by Gasteiger charge is 1.97. The summed E-state index contributed by atoms with van der Waals surface area (Å²) in [5, 5.41) is 0. The normalized spacial score (nSPS) is 10.0. The molecule has 0 N–H and O–H groups in total. The van der Waals surface area contributed by atoms with Gasteiger partial charge in [0.05, 0.1) is 0 Å². The van der Waals surface area contributed by atoms with Crippen molar-refractivity contribution in [1.29, 1.82) is 0 Å². The van der Waals surface area contributed by atoms with Crippen LogP contribution in [0.4, 0.5) is 4.39 Å². The summed E-state index contributed by atoms with van der Waals surface area (Å²) in [5.74, 6) is 0.220. The van der Waals surface area contributed by atoms with Crippen molar-refractivity contribution in [3.05, 3.63) is 53.5 Å². The summed E-state index contributed by atoms with van der Waals surface area (Å²) in [6.45, 7) is 4.01. The van der Waals surface area contributed by atoms with Gasteiger partial charge in [-0.25, -0.2) is 4.39 Å². The van der Waals surface area contributed by atoms with Crippen molar-refractivity contribution in [2.75, 3.05) is 0 Å². The fourth-order valence-corrected chi connectivity index (χ4v) is 1.48. The molecule has 16 heavy (non-hydrogen) atoms. The average molecular weight is 218 g/mol. The number of allylic oxidation sites excluding steroid dienone is 1. The Morgan fingerprint density at radius 1 is 1.31 bits per heavy atom. The van der Waals surface area contributed by atoms with E-state index in [4.69, 9.17) is 0 Å². The largest absolute Gasteiger partial charge is 0.203 e. The molecule has 0 heterocycles. The summed E-state index contributed by atoms with van der Waals surface area (Å²) in [4.78, 5) is 0. The first-order chi connectivity index (χ1) is 7.68. The quantitative estimate of drug-likeness (QED) is 0.630. The molecule has 0 spiro atoms. The lowest BCUT2D eigenvalue weighted by atomic mass is 10.1. The van der Waals surface area contributed by atoms with Crippen LogP contribution in [0.1, 0.15) is 32.3 Å². The number of halogens is 1. The second-order valence-electron chi connectivity index (χ2n) is 4.38. The topological polar surface area (TPSA) is 0 Å². The van der Waals surface area contributed by atoms with E-state index in [-0.39, 0.29) is 5.83 Å². The summed E-state index contributed by atoms with van der Waals surface area (Å²) in [6, 6.07) is 10.2. The maximum absolute atomic E-state index is 13.2. The van der Waals surface area contributed by atoms with Gasteiger partial charge in [0.1, 0.15) is 5.83 Å². The second kappa shape index (κ2) is 7.03. The summed E-state index contributed by atoms with van der Waals surface area (Å²) in [7, 11) is 0. The number of rotatable bonds is 5. The van der Waals surface area contributed by atoms with Crippen LogP contribution < -0.4 is 0 Å². The minimum atomic E-state index is -0.136. The van der Waals surface area contributed by atoms with E-state index in [1.807, 2.05) is 32.0 Å². The zero-order valence-electron chi connectivity index (χ0n) is 10.0. The molecule has 0 fully saturated rings. The van der Waals surface area contributed by atoms with Gasteiger partial charge in [-0.15, -0.1) is 0 Å². The van der Waals surface area contributed by atoms with Crippen LogP contribution in [0.2, 0.25) is 0 Å². The van der Waals surface area contributed by atoms with Crippen LogP contribution >= 0.6 is 0 Å². The highest BCUT2D eigenvalue weighted by atomic mass is 19.1. The van der Waals surface area contributed by atoms with Gasteiger partial charge in [-0.1, -0.05) is 49.9 Å². The molecule has 0 aliphatic heterocycles. The van der Waals surface area contributed by atoms with E-state index in [9.17, 15) is 4.39 Å². The molecule has 1 rings (SSSR count). The molecule has 0 amide bonds. The van der Waals surface area contributed by atoms with Crippen LogP contribution in [0.15, 0.2) is 48.0 Å². The fourth-order valence-electron chi connectivity index (χ4n) is 1.48. The van der Waals surface area contributed by atoms with Crippen molar-refractivity contribution < 1.29 is 4.39 Å². The first kappa shape index (κ1) is 12.7. The monoisotopic (exact) mass is 218 g/mol. The van der Waals surface area contributed by atoms with Crippen molar-refractivity contribution >= 4 is 0 Å². The van der Waals surface area contributed by atoms with Crippen LogP contribution in [0.25, 0.3) is 0 Å². The lowest BCUT2D eigenvalue weighted by Crippen LogP contribution is -1.85. The third-order valence-corrected chi connectivity index (χ3v) is 2.27. The van der Waals surface area contributed by atoms with Crippen molar-refractivity contribution in [1.82, 2.24) is 0 Å². The van der Waals surface area contributed by atoms with Crippen molar-refractivity contribution in [2.24, 2.45) is 5.92 Å². The zero-order valence-corrected chi connectivity index (χ0v) is 10.0. The lowest BCUT2D eigenvalue weighted by molar-refractivity contribution is 0.517. The zero-order chi connectivity index (χ0) is 11.8. The van der Waals surface area contributed by atoms with E-state index >= 15 is 0 Å². The van der Waals surface area contributed by atoms with Crippen LogP contribution in [0.3, 0.4) is 0 Å². The molecule has 1 aromatic carbocycles. The van der Waals surface area contributed by atoms with Crippen LogP contribution in [-0.2, 0) is 6.42 Å². The van der Waals surface area contributed by atoms with E-state index in [0.717, 1.165) is 12.8 Å². The Labute approximate surface area is 97.5 Å². The molecule has 0 aliphatic carbocycles. The molecule has 0 saturated carbocycles. The van der Waals surface area contributed by atoms with E-state index < -0.39 is 0 Å². The highest BCUT2D eigenvalue weighted by molar-refractivity contribution is 5.15. The molecule has 0 bridgehead atoms. The van der Waals surface area contributed by atoms with Gasteiger partial charge in [0.25, 0.3) is 0 Å². The maximum atomic E-state index is 13.2. The minimum Gasteiger partial charge on any atom is -0.203 e. The Bertz CT molecular complexity index is 356. The van der Waals surface area contributed by atoms with Gasteiger partial charge < -0.3 is 0 Å². The third-order valence-electron chi connectivity index (χ3n) is 2.27. The Morgan fingerprint density at radius 2 is 2.00 bits per heavy atom. The molecular weight excluding hydrogens is 199 g/mol. The average Bonchev–Trinajstić information content (AvgIpc) is 2.25. The predicted molar refractivity (Wildman–Crippen MR) is 66.9 cm³/mol. The van der Waals surface area contributed by atoms with E-state index in [2.05, 4.69) is 17.9 Å². The van der Waals surface area contributed by atoms with Gasteiger partial charge in [0, 0.05) is 6.42 Å². The van der Waals surface area contributed by atoms with Gasteiger partial charge in [0.15, 0.2) is 0 Å². The molecular formula is C15H19F. The van der Waals surface area contributed by atoms with Gasteiger partial charge in [-0.05, 0) is 30.4 Å². The molecule has 1 heteroatoms. The molecule has 0 saturated heterocycles. The Hall–Kier alpha value is -1.33. The third kappa shape index (κ3) is 5.53. The summed E-state index contributed by atoms with van der Waals surface area (Å²) >= 11 is 0. The number of benzene rings is 1. The molecule has 0 radical (unpaired) electrons. The molecule has 0 nitrogen and oxygen atoms in total. The standard InChI is InChI=1S/C15H19F/c1-13(2)12-15(16)11-7-6-10-14-8-4-3-5-9-14/h3-5,7-9,13H,6,10,12H2,1-2H3. The van der Waals surface area contributed by atoms with Gasteiger partial charge in [-0.2, -0.15) is 0 Å². The summed E-state index contributed by atoms with van der Waals surface area (Å²) in [5.41, 5.74) is 3.99. The first-order valence-corrected chi connectivity index (χ1v) is 5.82. The Balaban J connectivity index is 2.37. The lowest BCUT2D eigenvalue weighted by Gasteiger charge is -1.98. The van der Waals surface area contributed by atoms with E-state index in [1.54, 1.807) is 6.08 Å². The molecule has 1 aromatic rings. The molecule has 0 atom stereocenters. The van der Waals surface area contributed by atoms with Gasteiger partial charge in [-0.3, -0.25) is 0 Å². The number of hydrogen-bond acceptors (Lipinski definition) is 0. The Kier molecular flexibility index (Phi) is 5.60. The van der Waals surface area contributed by atoms with E-state index in [1.165, 1.54) is 5.56 Å². The van der Waals surface area contributed by atoms with Crippen LogP contribution in [0, 0.1) is 5.92 Å². The molecule has 0 aliphatic rings. The van der Waals surface area contributed by atoms with Gasteiger partial charge >= 0.3 is 0 Å². The second-order valence-corrected chi connectivity index (χ2v) is 4.38. The maximum Gasteiger partial charge on any atom is 0.142 e. The fraction of sp³-hybridized carbons (Fsp3) is 0.400. The van der Waals surface area contributed by atoms with Crippen LogP contribution in [-0.4, -0.2) is 0 Å². The highest BCUT2D eigenvalue weighted by Crippen LogP contribution is 2.10. The smallest absolute Gasteiger partial charge is 0.142 e. The van der Waals surface area contributed by atoms with Gasteiger partial charge in [0.2, 0.25) is 0 Å².